The molecule has 0 aliphatic heterocycles. The van der Waals surface area contributed by atoms with Crippen LogP contribution in [0, 0.1) is 55.7 Å². The normalized spacial score (nSPS) is 36.2. The molecule has 1 N–H and O–H groups in total. The molecule has 3 aliphatic carbocycles. The highest BCUT2D eigenvalue weighted by atomic mass is 16.4. The van der Waals surface area contributed by atoms with Crippen LogP contribution < -0.4 is 0 Å². The van der Waals surface area contributed by atoms with E-state index in [0.29, 0.717) is 19.3 Å². The fourth-order valence-electron chi connectivity index (χ4n) is 8.02. The Morgan fingerprint density at radius 3 is 2.24 bits per heavy atom. The highest BCUT2D eigenvalue weighted by Crippen LogP contribution is 2.70. The second kappa shape index (κ2) is 9.46. The van der Waals surface area contributed by atoms with Crippen molar-refractivity contribution in [2.75, 3.05) is 0 Å². The van der Waals surface area contributed by atoms with Gasteiger partial charge in [0.15, 0.2) is 11.6 Å². The SMILES string of the molecule is CCC(C)(C)CC[C@@](C)(CC[C@]1(C)C(C)C(=O)C=C2[C@@]3(C)C=C(C#N)C(=O)C(C)(C)[C@@H]3CC[C@]21C)C(=O)O. The van der Waals surface area contributed by atoms with Gasteiger partial charge in [0.25, 0.3) is 0 Å². The molecule has 0 aromatic rings. The minimum atomic E-state index is -0.871. The van der Waals surface area contributed by atoms with Crippen molar-refractivity contribution in [3.8, 4) is 6.07 Å². The van der Waals surface area contributed by atoms with Crippen LogP contribution in [0.3, 0.4) is 0 Å². The van der Waals surface area contributed by atoms with Crippen LogP contribution in [0.1, 0.15) is 114 Å². The van der Waals surface area contributed by atoms with Gasteiger partial charge in [0, 0.05) is 16.7 Å². The van der Waals surface area contributed by atoms with Crippen molar-refractivity contribution in [2.24, 2.45) is 44.3 Å². The number of nitrogens with zero attached hydrogens (tertiary/aromatic N) is 1. The zero-order valence-corrected chi connectivity index (χ0v) is 25.4. The first kappa shape index (κ1) is 30.3. The zero-order valence-electron chi connectivity index (χ0n) is 25.4. The Kier molecular flexibility index (Phi) is 7.55. The van der Waals surface area contributed by atoms with Crippen molar-refractivity contribution >= 4 is 17.5 Å². The van der Waals surface area contributed by atoms with Gasteiger partial charge < -0.3 is 5.11 Å². The number of allylic oxidation sites excluding steroid dienone is 4. The van der Waals surface area contributed by atoms with E-state index < -0.39 is 27.6 Å². The lowest BCUT2D eigenvalue weighted by Crippen LogP contribution is -2.59. The number of hydrogen-bond donors (Lipinski definition) is 1. The molecule has 0 aromatic heterocycles. The van der Waals surface area contributed by atoms with Crippen LogP contribution in [0.2, 0.25) is 0 Å². The first-order valence-corrected chi connectivity index (χ1v) is 14.4. The van der Waals surface area contributed by atoms with Gasteiger partial charge in [-0.15, -0.1) is 0 Å². The molecule has 0 spiro atoms. The van der Waals surface area contributed by atoms with Crippen molar-refractivity contribution in [3.05, 3.63) is 23.3 Å². The Labute approximate surface area is 230 Å². The second-order valence-electron chi connectivity index (χ2n) is 14.9. The van der Waals surface area contributed by atoms with Crippen molar-refractivity contribution in [3.63, 3.8) is 0 Å². The maximum atomic E-state index is 13.6. The van der Waals surface area contributed by atoms with Crippen LogP contribution in [0.15, 0.2) is 23.3 Å². The summed E-state index contributed by atoms with van der Waals surface area (Å²) in [6, 6.07) is 2.14. The average Bonchev–Trinajstić information content (AvgIpc) is 2.84. The van der Waals surface area contributed by atoms with Crippen LogP contribution in [-0.4, -0.2) is 22.6 Å². The lowest BCUT2D eigenvalue weighted by molar-refractivity contribution is -0.150. The Morgan fingerprint density at radius 1 is 1.11 bits per heavy atom. The maximum Gasteiger partial charge on any atom is 0.309 e. The van der Waals surface area contributed by atoms with E-state index in [1.165, 1.54) is 0 Å². The second-order valence-corrected chi connectivity index (χ2v) is 14.9. The highest BCUT2D eigenvalue weighted by molar-refractivity contribution is 6.04. The van der Waals surface area contributed by atoms with E-state index in [1.54, 1.807) is 0 Å². The predicted molar refractivity (Wildman–Crippen MR) is 150 cm³/mol. The predicted octanol–water partition coefficient (Wildman–Crippen LogP) is 7.71. The third-order valence-corrected chi connectivity index (χ3v) is 12.0. The fourth-order valence-corrected chi connectivity index (χ4v) is 8.02. The van der Waals surface area contributed by atoms with Crippen molar-refractivity contribution in [1.82, 2.24) is 0 Å². The van der Waals surface area contributed by atoms with Crippen molar-refractivity contribution < 1.29 is 19.5 Å². The summed E-state index contributed by atoms with van der Waals surface area (Å²) >= 11 is 0. The quantitative estimate of drug-likeness (QED) is 0.351. The molecule has 210 valence electrons. The molecule has 1 saturated carbocycles. The first-order chi connectivity index (χ1) is 17.3. The standard InChI is InChI=1S/C33H49NO4/c1-11-28(3,4)14-15-30(7,27(37)38)16-17-32(9)21(2)23(35)18-25-31(8)19-22(20-34)26(36)29(5,6)24(31)12-13-33(25,32)10/h18-19,21,24H,11-17H2,1-10H3,(H,37,38)/t21?,24-,30-,31-,32+,33+/m0/s1. The summed E-state index contributed by atoms with van der Waals surface area (Å²) in [6.45, 7) is 20.8. The number of hydrogen-bond acceptors (Lipinski definition) is 4. The molecular weight excluding hydrogens is 474 g/mol. The Hall–Kier alpha value is -2.22. The lowest BCUT2D eigenvalue weighted by atomic mass is 9.39. The van der Waals surface area contributed by atoms with Gasteiger partial charge in [-0.25, -0.2) is 0 Å². The number of carboxylic acids is 1. The number of Topliss-reactive ketones (excluding diaryl/α,β-unsaturated/α-hetero) is 1. The number of nitriles is 1. The molecule has 38 heavy (non-hydrogen) atoms. The molecule has 0 radical (unpaired) electrons. The van der Waals surface area contributed by atoms with Gasteiger partial charge in [0.2, 0.25) is 0 Å². The summed E-state index contributed by atoms with van der Waals surface area (Å²) in [5.74, 6) is -1.08. The Morgan fingerprint density at radius 2 is 1.71 bits per heavy atom. The largest absolute Gasteiger partial charge is 0.481 e. The van der Waals surface area contributed by atoms with E-state index in [0.717, 1.165) is 31.3 Å². The molecule has 3 rings (SSSR count). The Bertz CT molecular complexity index is 1140. The van der Waals surface area contributed by atoms with Crippen LogP contribution in [0.4, 0.5) is 0 Å². The smallest absolute Gasteiger partial charge is 0.309 e. The first-order valence-electron chi connectivity index (χ1n) is 14.4. The van der Waals surface area contributed by atoms with E-state index >= 15 is 0 Å². The van der Waals surface area contributed by atoms with Crippen LogP contribution >= 0.6 is 0 Å². The number of carbonyl (C=O) groups is 3. The monoisotopic (exact) mass is 523 g/mol. The lowest BCUT2D eigenvalue weighted by Gasteiger charge is -2.64. The van der Waals surface area contributed by atoms with Gasteiger partial charge in [-0.2, -0.15) is 5.26 Å². The van der Waals surface area contributed by atoms with Gasteiger partial charge >= 0.3 is 5.97 Å². The van der Waals surface area contributed by atoms with E-state index in [4.69, 9.17) is 0 Å². The van der Waals surface area contributed by atoms with Gasteiger partial charge in [-0.05, 0) is 73.7 Å². The van der Waals surface area contributed by atoms with E-state index in [-0.39, 0.29) is 39.8 Å². The van der Waals surface area contributed by atoms with E-state index in [1.807, 2.05) is 39.8 Å². The van der Waals surface area contributed by atoms with Crippen molar-refractivity contribution in [2.45, 2.75) is 114 Å². The van der Waals surface area contributed by atoms with Crippen LogP contribution in [0.5, 0.6) is 0 Å². The molecule has 5 nitrogen and oxygen atoms in total. The van der Waals surface area contributed by atoms with Gasteiger partial charge in [0.05, 0.1) is 11.0 Å². The van der Waals surface area contributed by atoms with E-state index in [9.17, 15) is 24.8 Å². The topological polar surface area (TPSA) is 95.2 Å². The average molecular weight is 524 g/mol. The third-order valence-electron chi connectivity index (χ3n) is 12.0. The number of carbonyl (C=O) groups excluding carboxylic acids is 2. The zero-order chi connectivity index (χ0) is 29.1. The molecule has 0 aromatic carbocycles. The molecule has 3 aliphatic rings. The number of carboxylic acid groups (broad SMARTS) is 1. The molecule has 0 heterocycles. The molecule has 0 bridgehead atoms. The molecule has 1 fully saturated rings. The number of aliphatic carboxylic acids is 1. The summed E-state index contributed by atoms with van der Waals surface area (Å²) < 4.78 is 0. The minimum absolute atomic E-state index is 0.00931. The maximum absolute atomic E-state index is 13.6. The summed E-state index contributed by atoms with van der Waals surface area (Å²) in [5, 5.41) is 20.1. The molecule has 5 heteroatoms. The summed E-state index contributed by atoms with van der Waals surface area (Å²) in [7, 11) is 0. The molecule has 0 saturated heterocycles. The summed E-state index contributed by atoms with van der Waals surface area (Å²) in [4.78, 5) is 39.3. The molecule has 0 amide bonds. The molecular formula is C33H49NO4. The van der Waals surface area contributed by atoms with Crippen LogP contribution in [0.25, 0.3) is 0 Å². The molecule has 6 atom stereocenters. The number of rotatable bonds is 8. The van der Waals surface area contributed by atoms with E-state index in [2.05, 4.69) is 47.6 Å². The fraction of sp³-hybridized carbons (Fsp3) is 0.758. The number of ketones is 2. The highest BCUT2D eigenvalue weighted by Gasteiger charge is 2.64. The third kappa shape index (κ3) is 4.40. The summed E-state index contributed by atoms with van der Waals surface area (Å²) in [5.41, 5.74) is -1.69. The van der Waals surface area contributed by atoms with Gasteiger partial charge in [-0.1, -0.05) is 80.4 Å². The molecule has 1 unspecified atom stereocenters. The van der Waals surface area contributed by atoms with Gasteiger partial charge in [0.1, 0.15) is 6.07 Å². The summed E-state index contributed by atoms with van der Waals surface area (Å²) in [6.07, 6.45) is 8.86. The van der Waals surface area contributed by atoms with Crippen molar-refractivity contribution in [1.29, 1.82) is 5.26 Å². The Balaban J connectivity index is 2.07. The number of fused-ring (bicyclic) bond motifs is 3. The van der Waals surface area contributed by atoms with Crippen LogP contribution in [-0.2, 0) is 14.4 Å². The van der Waals surface area contributed by atoms with Gasteiger partial charge in [-0.3, -0.25) is 14.4 Å². The minimum Gasteiger partial charge on any atom is -0.481 e.